The number of likely N-dealkylation sites (tertiary alicyclic amines) is 1. The molecule has 1 atom stereocenters. The number of aryl methyl sites for hydroxylation is 1. The Morgan fingerprint density at radius 1 is 1.35 bits per heavy atom. The third-order valence-electron chi connectivity index (χ3n) is 3.98. The van der Waals surface area contributed by atoms with E-state index in [4.69, 9.17) is 9.63 Å². The van der Waals surface area contributed by atoms with Crippen LogP contribution in [-0.2, 0) is 11.2 Å². The molecule has 0 aliphatic carbocycles. The second-order valence-corrected chi connectivity index (χ2v) is 5.51. The van der Waals surface area contributed by atoms with Crippen molar-refractivity contribution in [3.8, 4) is 11.4 Å². The van der Waals surface area contributed by atoms with Crippen LogP contribution >= 0.6 is 12.4 Å². The maximum atomic E-state index is 11.1. The van der Waals surface area contributed by atoms with Gasteiger partial charge in [0.2, 0.25) is 11.7 Å². The Morgan fingerprint density at radius 3 is 2.87 bits per heavy atom. The number of hydrogen-bond donors (Lipinski definition) is 1. The fraction of sp³-hybridized carbons (Fsp3) is 0.438. The van der Waals surface area contributed by atoms with E-state index in [2.05, 4.69) is 10.1 Å². The van der Waals surface area contributed by atoms with Gasteiger partial charge < -0.3 is 9.63 Å². The van der Waals surface area contributed by atoms with Crippen LogP contribution in [0.5, 0.6) is 0 Å². The Bertz CT molecular complexity index is 633. The second kappa shape index (κ2) is 8.08. The zero-order valence-corrected chi connectivity index (χ0v) is 13.5. The van der Waals surface area contributed by atoms with Gasteiger partial charge in [0, 0.05) is 12.0 Å². The van der Waals surface area contributed by atoms with Gasteiger partial charge in [-0.2, -0.15) is 4.98 Å². The van der Waals surface area contributed by atoms with Gasteiger partial charge in [-0.05, 0) is 32.4 Å². The molecule has 0 spiro atoms. The first-order valence-electron chi connectivity index (χ1n) is 7.59. The number of carbonyl (C=O) groups is 1. The smallest absolute Gasteiger partial charge is 0.320 e. The normalized spacial score (nSPS) is 17.8. The molecule has 1 N–H and O–H groups in total. The van der Waals surface area contributed by atoms with E-state index in [1.165, 1.54) is 0 Å². The first-order valence-corrected chi connectivity index (χ1v) is 7.59. The highest BCUT2D eigenvalue weighted by Gasteiger charge is 2.29. The quantitative estimate of drug-likeness (QED) is 0.873. The molecule has 0 saturated carbocycles. The van der Waals surface area contributed by atoms with Crippen molar-refractivity contribution in [2.45, 2.75) is 31.7 Å². The van der Waals surface area contributed by atoms with Crippen molar-refractivity contribution in [3.63, 3.8) is 0 Å². The van der Waals surface area contributed by atoms with Crippen molar-refractivity contribution in [1.82, 2.24) is 15.0 Å². The number of nitrogens with zero attached hydrogens (tertiary/aromatic N) is 3. The molecule has 0 amide bonds. The van der Waals surface area contributed by atoms with Crippen molar-refractivity contribution in [1.29, 1.82) is 0 Å². The van der Waals surface area contributed by atoms with Crippen LogP contribution < -0.4 is 0 Å². The highest BCUT2D eigenvalue weighted by atomic mass is 35.5. The van der Waals surface area contributed by atoms with Crippen molar-refractivity contribution in [2.75, 3.05) is 13.1 Å². The van der Waals surface area contributed by atoms with Crippen LogP contribution in [0.3, 0.4) is 0 Å². The summed E-state index contributed by atoms with van der Waals surface area (Å²) in [6.07, 6.45) is 3.19. The molecule has 23 heavy (non-hydrogen) atoms. The summed E-state index contributed by atoms with van der Waals surface area (Å²) >= 11 is 0. The molecule has 1 aromatic heterocycles. The Morgan fingerprint density at radius 2 is 2.13 bits per heavy atom. The third-order valence-corrected chi connectivity index (χ3v) is 3.98. The number of carboxylic acids is 1. The van der Waals surface area contributed by atoms with Gasteiger partial charge >= 0.3 is 5.97 Å². The molecule has 1 aromatic carbocycles. The van der Waals surface area contributed by atoms with Crippen LogP contribution in [0.4, 0.5) is 0 Å². The Balaban J connectivity index is 0.00000192. The molecule has 6 nitrogen and oxygen atoms in total. The molecule has 2 aromatic rings. The molecular weight excluding hydrogens is 318 g/mol. The third kappa shape index (κ3) is 4.30. The van der Waals surface area contributed by atoms with Gasteiger partial charge in [-0.3, -0.25) is 9.69 Å². The minimum Gasteiger partial charge on any atom is -0.480 e. The molecule has 124 valence electrons. The molecule has 0 radical (unpaired) electrons. The van der Waals surface area contributed by atoms with Gasteiger partial charge in [0.25, 0.3) is 0 Å². The summed E-state index contributed by atoms with van der Waals surface area (Å²) in [5.74, 6) is 0.478. The minimum absolute atomic E-state index is 0. The minimum atomic E-state index is -0.721. The summed E-state index contributed by atoms with van der Waals surface area (Å²) in [6.45, 7) is 1.61. The van der Waals surface area contributed by atoms with Gasteiger partial charge in [-0.1, -0.05) is 35.5 Å². The van der Waals surface area contributed by atoms with E-state index in [-0.39, 0.29) is 18.4 Å². The lowest BCUT2D eigenvalue weighted by atomic mass is 10.2. The number of rotatable bonds is 6. The van der Waals surface area contributed by atoms with Crippen LogP contribution in [0.2, 0.25) is 0 Å². The number of aliphatic carboxylic acids is 1. The van der Waals surface area contributed by atoms with Gasteiger partial charge in [0.05, 0.1) is 0 Å². The topological polar surface area (TPSA) is 79.5 Å². The number of carboxylic acid groups (broad SMARTS) is 1. The van der Waals surface area contributed by atoms with Gasteiger partial charge in [-0.25, -0.2) is 0 Å². The standard InChI is InChI=1S/C16H19N3O3.ClH/c20-16(21)13-8-4-10-19(13)11-5-9-14-17-15(18-22-14)12-6-2-1-3-7-12;/h1-3,6-7,13H,4-5,8-11H2,(H,20,21);1H/t13-;/m1./s1. The van der Waals surface area contributed by atoms with E-state index < -0.39 is 5.97 Å². The lowest BCUT2D eigenvalue weighted by Crippen LogP contribution is -2.36. The highest BCUT2D eigenvalue weighted by molar-refractivity contribution is 5.85. The summed E-state index contributed by atoms with van der Waals surface area (Å²) in [7, 11) is 0. The maximum Gasteiger partial charge on any atom is 0.320 e. The van der Waals surface area contributed by atoms with E-state index in [0.717, 1.165) is 37.9 Å². The van der Waals surface area contributed by atoms with Gasteiger partial charge in [-0.15, -0.1) is 12.4 Å². The van der Waals surface area contributed by atoms with E-state index in [1.54, 1.807) is 0 Å². The predicted octanol–water partition coefficient (Wildman–Crippen LogP) is 2.64. The maximum absolute atomic E-state index is 11.1. The Hall–Kier alpha value is -1.92. The van der Waals surface area contributed by atoms with Crippen LogP contribution in [0.1, 0.15) is 25.2 Å². The fourth-order valence-electron chi connectivity index (χ4n) is 2.87. The molecular formula is C16H20ClN3O3. The first-order chi connectivity index (χ1) is 10.7. The van der Waals surface area contributed by atoms with Crippen LogP contribution in [0.15, 0.2) is 34.9 Å². The summed E-state index contributed by atoms with van der Waals surface area (Å²) in [5, 5.41) is 13.1. The second-order valence-electron chi connectivity index (χ2n) is 5.51. The van der Waals surface area contributed by atoms with Crippen molar-refractivity contribution in [3.05, 3.63) is 36.2 Å². The summed E-state index contributed by atoms with van der Waals surface area (Å²) < 4.78 is 5.26. The molecule has 3 rings (SSSR count). The average Bonchev–Trinajstić information content (AvgIpc) is 3.17. The van der Waals surface area contributed by atoms with Crippen molar-refractivity contribution < 1.29 is 14.4 Å². The van der Waals surface area contributed by atoms with Crippen LogP contribution in [0.25, 0.3) is 11.4 Å². The van der Waals surface area contributed by atoms with Crippen LogP contribution in [0, 0.1) is 0 Å². The molecule has 0 bridgehead atoms. The zero-order chi connectivity index (χ0) is 15.4. The predicted molar refractivity (Wildman–Crippen MR) is 87.5 cm³/mol. The largest absolute Gasteiger partial charge is 0.480 e. The van der Waals surface area contributed by atoms with E-state index in [1.807, 2.05) is 35.2 Å². The highest BCUT2D eigenvalue weighted by Crippen LogP contribution is 2.19. The first kappa shape index (κ1) is 17.4. The Kier molecular flexibility index (Phi) is 6.12. The van der Waals surface area contributed by atoms with Gasteiger partial charge in [0.15, 0.2) is 0 Å². The lowest BCUT2D eigenvalue weighted by Gasteiger charge is -2.20. The number of benzene rings is 1. The van der Waals surface area contributed by atoms with E-state index >= 15 is 0 Å². The summed E-state index contributed by atoms with van der Waals surface area (Å²) in [5.41, 5.74) is 0.933. The fourth-order valence-corrected chi connectivity index (χ4v) is 2.87. The van der Waals surface area contributed by atoms with Crippen molar-refractivity contribution >= 4 is 18.4 Å². The average molecular weight is 338 g/mol. The molecule has 1 saturated heterocycles. The SMILES string of the molecule is Cl.O=C(O)[C@H]1CCCN1CCCc1nc(-c2ccccc2)no1. The molecule has 0 unspecified atom stereocenters. The summed E-state index contributed by atoms with van der Waals surface area (Å²) in [6, 6.07) is 9.37. The number of aromatic nitrogens is 2. The van der Waals surface area contributed by atoms with Crippen molar-refractivity contribution in [2.24, 2.45) is 0 Å². The van der Waals surface area contributed by atoms with Gasteiger partial charge in [0.1, 0.15) is 6.04 Å². The Labute approximate surface area is 140 Å². The molecule has 1 fully saturated rings. The number of halogens is 1. The monoisotopic (exact) mass is 337 g/mol. The lowest BCUT2D eigenvalue weighted by molar-refractivity contribution is -0.142. The summed E-state index contributed by atoms with van der Waals surface area (Å²) in [4.78, 5) is 17.5. The molecule has 7 heteroatoms. The number of hydrogen-bond acceptors (Lipinski definition) is 5. The van der Waals surface area contributed by atoms with E-state index in [0.29, 0.717) is 18.1 Å². The molecule has 1 aliphatic rings. The zero-order valence-electron chi connectivity index (χ0n) is 12.7. The molecule has 2 heterocycles. The van der Waals surface area contributed by atoms with E-state index in [9.17, 15) is 4.79 Å². The molecule has 1 aliphatic heterocycles. The van der Waals surface area contributed by atoms with Crippen LogP contribution in [-0.4, -0.2) is 45.2 Å².